The SMILES string of the molecule is CN1CC=C(Br)C2=C1Sc1ccccc1CN[C@@H](CCCNC(=O)OC(C)(C)C)C(=O)N[C@@H](CCCCNC(=O)OC(C)(C)C)C(=O)N(C)[C@@H](Cc1cn(C(=O)OC(C)(C)C)c3ccccc13)C(=O)NC2. The van der Waals surface area contributed by atoms with Gasteiger partial charge in [-0.15, -0.1) is 0 Å². The second kappa shape index (κ2) is 24.7. The highest BCUT2D eigenvalue weighted by atomic mass is 79.9. The monoisotopic (exact) mass is 1060 g/mol. The lowest BCUT2D eigenvalue weighted by Crippen LogP contribution is -2.57. The van der Waals surface area contributed by atoms with Crippen molar-refractivity contribution in [1.82, 2.24) is 41.0 Å². The average molecular weight is 1070 g/mol. The predicted octanol–water partition coefficient (Wildman–Crippen LogP) is 8.09. The molecule has 0 bridgehead atoms. The molecule has 3 heterocycles. The molecule has 5 N–H and O–H groups in total. The number of benzene rings is 2. The maximum Gasteiger partial charge on any atom is 0.419 e. The van der Waals surface area contributed by atoms with Gasteiger partial charge >= 0.3 is 18.3 Å². The van der Waals surface area contributed by atoms with Gasteiger partial charge in [-0.3, -0.25) is 19.0 Å². The number of hydrogen-bond donors (Lipinski definition) is 5. The number of alkyl carbamates (subject to hydrolysis) is 2. The van der Waals surface area contributed by atoms with Crippen LogP contribution in [0.4, 0.5) is 14.4 Å². The fourth-order valence-electron chi connectivity index (χ4n) is 7.97. The predicted molar refractivity (Wildman–Crippen MR) is 280 cm³/mol. The second-order valence-corrected chi connectivity index (χ2v) is 22.7. The Hall–Kier alpha value is -5.53. The number of halogens is 1. The minimum absolute atomic E-state index is 0.00459. The third-order valence-electron chi connectivity index (χ3n) is 11.4. The fraction of sp³-hybridized carbons (Fsp3) is 0.538. The molecule has 5 amide bonds. The Morgan fingerprint density at radius 1 is 0.761 bits per heavy atom. The number of rotatable bonds is 11. The number of para-hydroxylation sites is 1. The fourth-order valence-corrected chi connectivity index (χ4v) is 9.73. The van der Waals surface area contributed by atoms with E-state index in [9.17, 15) is 24.0 Å². The highest BCUT2D eigenvalue weighted by Crippen LogP contribution is 2.39. The Morgan fingerprint density at radius 3 is 2.03 bits per heavy atom. The van der Waals surface area contributed by atoms with Crippen molar-refractivity contribution < 1.29 is 43.0 Å². The minimum atomic E-state index is -1.13. The van der Waals surface area contributed by atoms with Crippen molar-refractivity contribution in [1.29, 1.82) is 0 Å². The van der Waals surface area contributed by atoms with E-state index in [1.165, 1.54) is 9.47 Å². The summed E-state index contributed by atoms with van der Waals surface area (Å²) in [6, 6.07) is 12.2. The molecule has 2 aliphatic rings. The summed E-state index contributed by atoms with van der Waals surface area (Å²) in [5.41, 5.74) is 0.817. The summed E-state index contributed by atoms with van der Waals surface area (Å²) in [6.45, 7) is 17.5. The van der Waals surface area contributed by atoms with E-state index in [0.717, 1.165) is 25.5 Å². The van der Waals surface area contributed by atoms with Gasteiger partial charge < -0.3 is 50.6 Å². The molecule has 1 aromatic heterocycles. The molecule has 0 saturated carbocycles. The third kappa shape index (κ3) is 17.1. The second-order valence-electron chi connectivity index (χ2n) is 20.8. The molecule has 71 heavy (non-hydrogen) atoms. The van der Waals surface area contributed by atoms with Gasteiger partial charge in [0, 0.05) is 79.8 Å². The summed E-state index contributed by atoms with van der Waals surface area (Å²) >= 11 is 5.33. The summed E-state index contributed by atoms with van der Waals surface area (Å²) in [6.07, 6.45) is 3.69. The van der Waals surface area contributed by atoms with Crippen LogP contribution in [0.1, 0.15) is 106 Å². The molecule has 0 spiro atoms. The molecular weight excluding hydrogens is 993 g/mol. The summed E-state index contributed by atoms with van der Waals surface area (Å²) in [5, 5.41) is 16.8. The molecule has 2 aliphatic heterocycles. The number of hydrogen-bond acceptors (Lipinski definition) is 12. The highest BCUT2D eigenvalue weighted by molar-refractivity contribution is 9.12. The Bertz CT molecular complexity index is 2470. The van der Waals surface area contributed by atoms with E-state index in [4.69, 9.17) is 14.2 Å². The van der Waals surface area contributed by atoms with Crippen molar-refractivity contribution in [2.24, 2.45) is 0 Å². The topological polar surface area (TPSA) is 202 Å². The number of carbonyl (C=O) groups excluding carboxylic acids is 6. The van der Waals surface area contributed by atoms with Gasteiger partial charge in [0.1, 0.15) is 28.9 Å². The first kappa shape index (κ1) is 56.4. The normalized spacial score (nSPS) is 18.9. The van der Waals surface area contributed by atoms with E-state index in [1.807, 2.05) is 55.6 Å². The van der Waals surface area contributed by atoms with Crippen LogP contribution in [-0.2, 0) is 41.6 Å². The lowest BCUT2D eigenvalue weighted by atomic mass is 10.0. The summed E-state index contributed by atoms with van der Waals surface area (Å²) < 4.78 is 18.8. The van der Waals surface area contributed by atoms with Crippen molar-refractivity contribution in [3.05, 3.63) is 87.0 Å². The minimum Gasteiger partial charge on any atom is -0.444 e. The molecule has 3 atom stereocenters. The molecule has 5 rings (SSSR count). The number of aromatic nitrogens is 1. The number of nitrogens with zero attached hydrogens (tertiary/aromatic N) is 3. The third-order valence-corrected chi connectivity index (χ3v) is 13.5. The van der Waals surface area contributed by atoms with E-state index in [-0.39, 0.29) is 38.9 Å². The summed E-state index contributed by atoms with van der Waals surface area (Å²) in [5.74, 6) is -1.40. The van der Waals surface area contributed by atoms with Gasteiger partial charge in [-0.25, -0.2) is 14.4 Å². The van der Waals surface area contributed by atoms with Gasteiger partial charge in [0.2, 0.25) is 17.7 Å². The van der Waals surface area contributed by atoms with E-state index < -0.39 is 70.9 Å². The van der Waals surface area contributed by atoms with Crippen LogP contribution in [0.15, 0.2) is 80.8 Å². The number of unbranched alkanes of at least 4 members (excludes halogenated alkanes) is 1. The first-order valence-corrected chi connectivity index (χ1v) is 25.8. The van der Waals surface area contributed by atoms with Crippen LogP contribution >= 0.6 is 27.7 Å². The summed E-state index contributed by atoms with van der Waals surface area (Å²) in [7, 11) is 3.54. The number of thioether (sulfide) groups is 1. The Kier molecular flexibility index (Phi) is 19.6. The standard InChI is InChI=1S/C52H73BrN8O9S/c1-50(2,3)68-47(65)54-26-17-16-21-39-45(64)60(11)41(29-34-32-61(49(67)70-52(7,8)9)40-23-14-13-20-35(34)40)44(63)57-31-36-37(53)25-28-59(10)46(36)71-42-24-15-12-19-33(42)30-56-38(43(62)58-39)22-18-27-55-48(66)69-51(4,5)6/h12-15,19-20,23-25,32,38-39,41,56H,16-18,21-22,26-31H2,1-11H3,(H,54,65)(H,55,66)(H,57,63)(H,58,62)/t38-,39-,41-/m0/s1. The van der Waals surface area contributed by atoms with Gasteiger partial charge in [-0.1, -0.05) is 70.2 Å². The maximum absolute atomic E-state index is 15.1. The van der Waals surface area contributed by atoms with E-state index in [2.05, 4.69) is 47.4 Å². The zero-order valence-electron chi connectivity index (χ0n) is 43.1. The van der Waals surface area contributed by atoms with Crippen molar-refractivity contribution >= 4 is 74.6 Å². The van der Waals surface area contributed by atoms with Gasteiger partial charge in [0.15, 0.2) is 0 Å². The molecule has 388 valence electrons. The summed E-state index contributed by atoms with van der Waals surface area (Å²) in [4.78, 5) is 87.8. The lowest BCUT2D eigenvalue weighted by molar-refractivity contribution is -0.142. The smallest absolute Gasteiger partial charge is 0.419 e. The quantitative estimate of drug-likeness (QED) is 0.0915. The van der Waals surface area contributed by atoms with Crippen LogP contribution in [-0.4, -0.2) is 126 Å². The number of carbonyl (C=O) groups is 6. The molecule has 17 nitrogen and oxygen atoms in total. The molecule has 19 heteroatoms. The number of nitrogens with one attached hydrogen (secondary N) is 5. The first-order valence-electron chi connectivity index (χ1n) is 24.2. The number of fused-ring (bicyclic) bond motifs is 2. The van der Waals surface area contributed by atoms with Crippen LogP contribution in [0.3, 0.4) is 0 Å². The van der Waals surface area contributed by atoms with Crippen LogP contribution in [0.25, 0.3) is 10.9 Å². The highest BCUT2D eigenvalue weighted by Gasteiger charge is 2.35. The largest absolute Gasteiger partial charge is 0.444 e. The molecule has 0 fully saturated rings. The molecule has 3 aromatic rings. The molecule has 0 aliphatic carbocycles. The van der Waals surface area contributed by atoms with E-state index >= 15 is 4.79 Å². The molecular formula is C52H73BrN8O9S. The van der Waals surface area contributed by atoms with Gasteiger partial charge in [-0.2, -0.15) is 0 Å². The van der Waals surface area contributed by atoms with Gasteiger partial charge in [-0.05, 0) is 118 Å². The van der Waals surface area contributed by atoms with Crippen molar-refractivity contribution in [2.75, 3.05) is 40.3 Å². The zero-order valence-corrected chi connectivity index (χ0v) is 45.5. The Labute approximate surface area is 431 Å². The molecule has 0 unspecified atom stereocenters. The van der Waals surface area contributed by atoms with Crippen molar-refractivity contribution in [3.8, 4) is 0 Å². The van der Waals surface area contributed by atoms with Crippen LogP contribution < -0.4 is 26.6 Å². The molecule has 0 saturated heterocycles. The van der Waals surface area contributed by atoms with Crippen molar-refractivity contribution in [2.45, 2.75) is 147 Å². The zero-order chi connectivity index (χ0) is 52.3. The Balaban J connectivity index is 1.56. The first-order chi connectivity index (χ1) is 33.3. The van der Waals surface area contributed by atoms with Crippen LogP contribution in [0.5, 0.6) is 0 Å². The van der Waals surface area contributed by atoms with Crippen molar-refractivity contribution in [3.63, 3.8) is 0 Å². The molecule has 0 radical (unpaired) electrons. The van der Waals surface area contributed by atoms with Gasteiger partial charge in [0.05, 0.1) is 16.6 Å². The van der Waals surface area contributed by atoms with Gasteiger partial charge in [0.25, 0.3) is 0 Å². The Morgan fingerprint density at radius 2 is 1.37 bits per heavy atom. The van der Waals surface area contributed by atoms with Crippen LogP contribution in [0, 0.1) is 0 Å². The average Bonchev–Trinajstić information content (AvgIpc) is 3.64. The number of ether oxygens (including phenoxy) is 3. The number of amides is 5. The van der Waals surface area contributed by atoms with E-state index in [1.54, 1.807) is 93.4 Å². The van der Waals surface area contributed by atoms with Crippen LogP contribution in [0.2, 0.25) is 0 Å². The maximum atomic E-state index is 15.1. The number of likely N-dealkylation sites (N-methyl/N-ethyl adjacent to an activating group) is 2. The van der Waals surface area contributed by atoms with E-state index in [0.29, 0.717) is 48.8 Å². The molecule has 2 aromatic carbocycles. The lowest BCUT2D eigenvalue weighted by Gasteiger charge is -2.32.